The van der Waals surface area contributed by atoms with Crippen LogP contribution in [0.5, 0.6) is 0 Å². The first kappa shape index (κ1) is 15.9. The van der Waals surface area contributed by atoms with E-state index in [9.17, 15) is 9.00 Å². The smallest absolute Gasteiger partial charge is 0.410 e. The van der Waals surface area contributed by atoms with Crippen LogP contribution < -0.4 is 0 Å². The van der Waals surface area contributed by atoms with Crippen molar-refractivity contribution in [3.63, 3.8) is 0 Å². The van der Waals surface area contributed by atoms with Gasteiger partial charge in [-0.3, -0.25) is 4.21 Å². The van der Waals surface area contributed by atoms with Crippen LogP contribution in [0, 0.1) is 6.92 Å². The first-order valence-corrected chi connectivity index (χ1v) is 8.29. The number of carbonyl (C=O) groups excluding carboxylic acids is 1. The summed E-state index contributed by atoms with van der Waals surface area (Å²) in [6.07, 6.45) is 2.09. The van der Waals surface area contributed by atoms with E-state index in [-0.39, 0.29) is 11.3 Å². The third kappa shape index (κ3) is 4.27. The van der Waals surface area contributed by atoms with Gasteiger partial charge in [-0.25, -0.2) is 9.78 Å². The number of rotatable bonds is 2. The molecule has 0 bridgehead atoms. The van der Waals surface area contributed by atoms with Gasteiger partial charge in [0.2, 0.25) is 0 Å². The average Bonchev–Trinajstić information content (AvgIpc) is 2.86. The number of hydrogen-bond acceptors (Lipinski definition) is 4. The summed E-state index contributed by atoms with van der Waals surface area (Å²) in [6, 6.07) is 3.70. The molecule has 0 aromatic carbocycles. The molecule has 1 fully saturated rings. The highest BCUT2D eigenvalue weighted by Gasteiger charge is 2.33. The van der Waals surface area contributed by atoms with Crippen molar-refractivity contribution in [2.24, 2.45) is 0 Å². The van der Waals surface area contributed by atoms with Crippen LogP contribution >= 0.6 is 0 Å². The lowest BCUT2D eigenvalue weighted by Gasteiger charge is -2.24. The van der Waals surface area contributed by atoms with Gasteiger partial charge in [0.25, 0.3) is 0 Å². The van der Waals surface area contributed by atoms with Crippen LogP contribution in [0.4, 0.5) is 4.79 Å². The minimum Gasteiger partial charge on any atom is -0.444 e. The Morgan fingerprint density at radius 2 is 2.14 bits per heavy atom. The maximum absolute atomic E-state index is 12.5. The first-order chi connectivity index (χ1) is 9.76. The number of nitrogens with zero attached hydrogens (tertiary/aromatic N) is 2. The zero-order valence-electron chi connectivity index (χ0n) is 13.0. The van der Waals surface area contributed by atoms with Gasteiger partial charge in [0, 0.05) is 19.3 Å². The van der Waals surface area contributed by atoms with E-state index in [0.717, 1.165) is 5.56 Å². The number of carbonyl (C=O) groups is 1. The fourth-order valence-electron chi connectivity index (χ4n) is 2.14. The number of hydrogen-bond donors (Lipinski definition) is 0. The molecule has 5 nitrogen and oxygen atoms in total. The van der Waals surface area contributed by atoms with Crippen molar-refractivity contribution in [2.75, 3.05) is 13.1 Å². The quantitative estimate of drug-likeness (QED) is 0.842. The van der Waals surface area contributed by atoms with Crippen LogP contribution in [0.15, 0.2) is 23.4 Å². The van der Waals surface area contributed by atoms with E-state index in [4.69, 9.17) is 4.74 Å². The highest BCUT2D eigenvalue weighted by Crippen LogP contribution is 2.21. The van der Waals surface area contributed by atoms with Gasteiger partial charge in [-0.1, -0.05) is 6.07 Å². The van der Waals surface area contributed by atoms with Gasteiger partial charge in [-0.05, 0) is 45.7 Å². The van der Waals surface area contributed by atoms with E-state index >= 15 is 0 Å². The molecule has 2 rings (SSSR count). The lowest BCUT2D eigenvalue weighted by atomic mass is 10.2. The second kappa shape index (κ2) is 6.13. The van der Waals surface area contributed by atoms with Crippen molar-refractivity contribution in [3.05, 3.63) is 23.9 Å². The number of aromatic nitrogens is 1. The first-order valence-electron chi connectivity index (χ1n) is 7.07. The highest BCUT2D eigenvalue weighted by atomic mass is 32.2. The van der Waals surface area contributed by atoms with Crippen molar-refractivity contribution in [2.45, 2.75) is 50.0 Å². The van der Waals surface area contributed by atoms with E-state index in [1.54, 1.807) is 17.2 Å². The molecule has 1 amide bonds. The van der Waals surface area contributed by atoms with Gasteiger partial charge in [-0.2, -0.15) is 0 Å². The summed E-state index contributed by atoms with van der Waals surface area (Å²) in [5.74, 6) is 0. The third-order valence-electron chi connectivity index (χ3n) is 3.19. The van der Waals surface area contributed by atoms with Gasteiger partial charge in [0.1, 0.15) is 10.6 Å². The largest absolute Gasteiger partial charge is 0.444 e. The fourth-order valence-corrected chi connectivity index (χ4v) is 3.47. The van der Waals surface area contributed by atoms with E-state index < -0.39 is 16.4 Å². The Balaban J connectivity index is 1.97. The molecule has 2 heterocycles. The Labute approximate surface area is 128 Å². The highest BCUT2D eigenvalue weighted by molar-refractivity contribution is 7.85. The molecular weight excluding hydrogens is 288 g/mol. The summed E-state index contributed by atoms with van der Waals surface area (Å²) < 4.78 is 17.8. The maximum Gasteiger partial charge on any atom is 0.410 e. The molecule has 6 heteroatoms. The molecule has 1 aromatic rings. The monoisotopic (exact) mass is 310 g/mol. The standard InChI is InChI=1S/C15H22N2O3S/c1-11-5-6-13(16-9-11)21(19)12-7-8-17(10-12)14(18)20-15(2,3)4/h5-6,9,12H,7-8,10H2,1-4H3/t12-,21?/m0/s1. The van der Waals surface area contributed by atoms with Crippen molar-refractivity contribution >= 4 is 16.9 Å². The summed E-state index contributed by atoms with van der Waals surface area (Å²) in [6.45, 7) is 8.50. The van der Waals surface area contributed by atoms with Crippen molar-refractivity contribution in [1.29, 1.82) is 0 Å². The SMILES string of the molecule is Cc1ccc(S(=O)[C@H]2CCN(C(=O)OC(C)(C)C)C2)nc1. The van der Waals surface area contributed by atoms with Gasteiger partial charge in [0.05, 0.1) is 16.0 Å². The van der Waals surface area contributed by atoms with E-state index in [1.165, 1.54) is 0 Å². The van der Waals surface area contributed by atoms with Crippen molar-refractivity contribution < 1.29 is 13.7 Å². The van der Waals surface area contributed by atoms with Crippen molar-refractivity contribution in [1.82, 2.24) is 9.88 Å². The Bertz CT molecular complexity index is 537. The lowest BCUT2D eigenvalue weighted by molar-refractivity contribution is 0.0295. The molecule has 0 aliphatic carbocycles. The number of amides is 1. The number of pyridine rings is 1. The Morgan fingerprint density at radius 3 is 2.71 bits per heavy atom. The molecule has 1 saturated heterocycles. The summed E-state index contributed by atoms with van der Waals surface area (Å²) in [4.78, 5) is 17.8. The lowest BCUT2D eigenvalue weighted by Crippen LogP contribution is -2.36. The zero-order valence-corrected chi connectivity index (χ0v) is 13.8. The normalized spacial score (nSPS) is 20.4. The minimum absolute atomic E-state index is 0.0762. The molecular formula is C15H22N2O3S. The van der Waals surface area contributed by atoms with Gasteiger partial charge < -0.3 is 9.64 Å². The minimum atomic E-state index is -1.19. The summed E-state index contributed by atoms with van der Waals surface area (Å²) in [5.41, 5.74) is 0.532. The van der Waals surface area contributed by atoms with Gasteiger partial charge in [-0.15, -0.1) is 0 Å². The molecule has 1 aliphatic rings. The maximum atomic E-state index is 12.5. The van der Waals surface area contributed by atoms with E-state index in [1.807, 2.05) is 33.8 Å². The third-order valence-corrected chi connectivity index (χ3v) is 4.83. The van der Waals surface area contributed by atoms with Crippen LogP contribution in [0.2, 0.25) is 0 Å². The Kier molecular flexibility index (Phi) is 4.66. The number of aryl methyl sites for hydroxylation is 1. The second-order valence-corrected chi connectivity index (χ2v) is 7.99. The van der Waals surface area contributed by atoms with Crippen LogP contribution in [0.25, 0.3) is 0 Å². The second-order valence-electron chi connectivity index (χ2n) is 6.31. The van der Waals surface area contributed by atoms with Crippen molar-refractivity contribution in [3.8, 4) is 0 Å². The summed E-state index contributed by atoms with van der Waals surface area (Å²) >= 11 is 0. The summed E-state index contributed by atoms with van der Waals surface area (Å²) in [7, 11) is -1.19. The Morgan fingerprint density at radius 1 is 1.43 bits per heavy atom. The molecule has 0 N–H and O–H groups in total. The predicted octanol–water partition coefficient (Wildman–Crippen LogP) is 2.51. The molecule has 1 aliphatic heterocycles. The number of ether oxygens (including phenoxy) is 1. The van der Waals surface area contributed by atoms with Crippen LogP contribution in [-0.2, 0) is 15.5 Å². The number of likely N-dealkylation sites (tertiary alicyclic amines) is 1. The zero-order chi connectivity index (χ0) is 15.6. The van der Waals surface area contributed by atoms with Crippen LogP contribution in [0.1, 0.15) is 32.8 Å². The molecule has 1 unspecified atom stereocenters. The van der Waals surface area contributed by atoms with Crippen LogP contribution in [0.3, 0.4) is 0 Å². The molecule has 1 aromatic heterocycles. The van der Waals surface area contributed by atoms with E-state index in [0.29, 0.717) is 24.5 Å². The molecule has 0 spiro atoms. The molecule has 0 radical (unpaired) electrons. The van der Waals surface area contributed by atoms with Gasteiger partial charge in [0.15, 0.2) is 0 Å². The molecule has 0 saturated carbocycles. The molecule has 2 atom stereocenters. The topological polar surface area (TPSA) is 59.5 Å². The van der Waals surface area contributed by atoms with Crippen LogP contribution in [-0.4, -0.2) is 44.1 Å². The molecule has 116 valence electrons. The van der Waals surface area contributed by atoms with Gasteiger partial charge >= 0.3 is 6.09 Å². The predicted molar refractivity (Wildman–Crippen MR) is 81.6 cm³/mol. The summed E-state index contributed by atoms with van der Waals surface area (Å²) in [5, 5.41) is 0.504. The van der Waals surface area contributed by atoms with E-state index in [2.05, 4.69) is 4.98 Å². The Hall–Kier alpha value is -1.43. The fraction of sp³-hybridized carbons (Fsp3) is 0.600. The molecule has 21 heavy (non-hydrogen) atoms. The average molecular weight is 310 g/mol.